The lowest BCUT2D eigenvalue weighted by Gasteiger charge is -2.52. The van der Waals surface area contributed by atoms with E-state index < -0.39 is 69.5 Å². The van der Waals surface area contributed by atoms with E-state index in [2.05, 4.69) is 0 Å². The van der Waals surface area contributed by atoms with Crippen LogP contribution in [0.1, 0.15) is 34.1 Å². The summed E-state index contributed by atoms with van der Waals surface area (Å²) in [5, 5.41) is 55.7. The van der Waals surface area contributed by atoms with Gasteiger partial charge in [0.15, 0.2) is 5.78 Å². The van der Waals surface area contributed by atoms with Gasteiger partial charge in [0.05, 0.1) is 24.4 Å². The van der Waals surface area contributed by atoms with Crippen LogP contribution in [0.4, 0.5) is 0 Å². The molecule has 10 unspecified atom stereocenters. The standard InChI is InChI=1S/C20H28O7/c1-8-5-10-18(24,13(8)22)6-17(7-21)15(27-17)11-12-16(3,4)20(12,26)14(23)9(2)19(10,11)25/h5,9-12,14-15,21,23-26H,6-7H2,1-4H3. The van der Waals surface area contributed by atoms with Crippen molar-refractivity contribution in [2.24, 2.45) is 29.1 Å². The molecule has 5 rings (SSSR count). The summed E-state index contributed by atoms with van der Waals surface area (Å²) in [7, 11) is 0. The molecule has 1 heterocycles. The zero-order valence-corrected chi connectivity index (χ0v) is 16.0. The first-order chi connectivity index (χ1) is 12.3. The van der Waals surface area contributed by atoms with Crippen molar-refractivity contribution in [1.29, 1.82) is 0 Å². The fraction of sp³-hybridized carbons (Fsp3) is 0.850. The lowest BCUT2D eigenvalue weighted by molar-refractivity contribution is -0.223. The van der Waals surface area contributed by atoms with Crippen LogP contribution >= 0.6 is 0 Å². The second kappa shape index (κ2) is 4.50. The third-order valence-electron chi connectivity index (χ3n) is 8.91. The van der Waals surface area contributed by atoms with Gasteiger partial charge in [-0.3, -0.25) is 4.79 Å². The number of carbonyl (C=O) groups excluding carboxylic acids is 1. The SMILES string of the molecule is CC1=CC2C(O)(CC3(CO)OC3C3C4C(C)(C)C4(O)C(O)C(C)C32O)C1=O. The minimum atomic E-state index is -1.90. The maximum atomic E-state index is 12.8. The van der Waals surface area contributed by atoms with Crippen LogP contribution in [0.3, 0.4) is 0 Å². The highest BCUT2D eigenvalue weighted by Crippen LogP contribution is 2.78. The minimum absolute atomic E-state index is 0.105. The van der Waals surface area contributed by atoms with E-state index in [1.807, 2.05) is 13.8 Å². The maximum absolute atomic E-state index is 12.8. The Kier molecular flexibility index (Phi) is 3.03. The first-order valence-electron chi connectivity index (χ1n) is 9.71. The number of epoxide rings is 1. The molecule has 4 fully saturated rings. The molecular formula is C20H28O7. The third-order valence-corrected chi connectivity index (χ3v) is 8.91. The topological polar surface area (TPSA) is 131 Å². The van der Waals surface area contributed by atoms with Gasteiger partial charge in [0.2, 0.25) is 0 Å². The fourth-order valence-electron chi connectivity index (χ4n) is 7.27. The van der Waals surface area contributed by atoms with Crippen LogP contribution in [0.5, 0.6) is 0 Å². The summed E-state index contributed by atoms with van der Waals surface area (Å²) in [6.45, 7) is 6.57. The van der Waals surface area contributed by atoms with E-state index in [1.54, 1.807) is 19.9 Å². The monoisotopic (exact) mass is 380 g/mol. The van der Waals surface area contributed by atoms with Crippen LogP contribution in [0.15, 0.2) is 11.6 Å². The highest BCUT2D eigenvalue weighted by Gasteiger charge is 2.89. The number of fused-ring (bicyclic) bond motifs is 7. The van der Waals surface area contributed by atoms with Crippen LogP contribution in [0.25, 0.3) is 0 Å². The van der Waals surface area contributed by atoms with Crippen LogP contribution < -0.4 is 0 Å². The number of carbonyl (C=O) groups is 1. The van der Waals surface area contributed by atoms with E-state index in [0.29, 0.717) is 5.57 Å². The van der Waals surface area contributed by atoms with Crippen molar-refractivity contribution < 1.29 is 35.1 Å². The van der Waals surface area contributed by atoms with Crippen molar-refractivity contribution in [2.45, 2.75) is 68.7 Å². The summed E-state index contributed by atoms with van der Waals surface area (Å²) in [5.74, 6) is -3.27. The van der Waals surface area contributed by atoms with Crippen molar-refractivity contribution >= 4 is 5.78 Å². The average molecular weight is 380 g/mol. The second-order valence-corrected chi connectivity index (χ2v) is 10.2. The van der Waals surface area contributed by atoms with E-state index in [0.717, 1.165) is 0 Å². The maximum Gasteiger partial charge on any atom is 0.190 e. The van der Waals surface area contributed by atoms with Crippen molar-refractivity contribution in [2.75, 3.05) is 6.61 Å². The third kappa shape index (κ3) is 1.59. The van der Waals surface area contributed by atoms with Gasteiger partial charge in [-0.1, -0.05) is 26.8 Å². The Morgan fingerprint density at radius 2 is 1.89 bits per heavy atom. The molecule has 27 heavy (non-hydrogen) atoms. The highest BCUT2D eigenvalue weighted by molar-refractivity contribution is 6.04. The molecule has 10 atom stereocenters. The molecule has 7 nitrogen and oxygen atoms in total. The predicted molar refractivity (Wildman–Crippen MR) is 92.3 cm³/mol. The van der Waals surface area contributed by atoms with Crippen LogP contribution in [0, 0.1) is 29.1 Å². The van der Waals surface area contributed by atoms with E-state index in [9.17, 15) is 30.3 Å². The van der Waals surface area contributed by atoms with Crippen molar-refractivity contribution in [3.05, 3.63) is 11.6 Å². The molecule has 0 aromatic heterocycles. The zero-order chi connectivity index (χ0) is 19.9. The van der Waals surface area contributed by atoms with Gasteiger partial charge in [-0.15, -0.1) is 0 Å². The normalized spacial score (nSPS) is 62.6. The number of hydrogen-bond acceptors (Lipinski definition) is 7. The van der Waals surface area contributed by atoms with Crippen molar-refractivity contribution in [1.82, 2.24) is 0 Å². The molecule has 1 aliphatic heterocycles. The summed E-state index contributed by atoms with van der Waals surface area (Å²) in [5.41, 5.74) is -6.33. The molecule has 0 aromatic carbocycles. The van der Waals surface area contributed by atoms with Gasteiger partial charge in [-0.2, -0.15) is 0 Å². The van der Waals surface area contributed by atoms with Gasteiger partial charge in [0.25, 0.3) is 0 Å². The number of aliphatic hydroxyl groups excluding tert-OH is 2. The Hall–Kier alpha value is -0.830. The highest BCUT2D eigenvalue weighted by atomic mass is 16.6. The lowest BCUT2D eigenvalue weighted by Crippen LogP contribution is -2.66. The summed E-state index contributed by atoms with van der Waals surface area (Å²) in [4.78, 5) is 12.8. The average Bonchev–Trinajstić information content (AvgIpc) is 3.40. The number of rotatable bonds is 1. The van der Waals surface area contributed by atoms with Crippen LogP contribution in [-0.2, 0) is 9.53 Å². The second-order valence-electron chi connectivity index (χ2n) is 10.2. The van der Waals surface area contributed by atoms with Gasteiger partial charge in [-0.05, 0) is 12.5 Å². The molecule has 7 heteroatoms. The van der Waals surface area contributed by atoms with Crippen LogP contribution in [0.2, 0.25) is 0 Å². The molecule has 0 radical (unpaired) electrons. The van der Waals surface area contributed by atoms with Gasteiger partial charge in [0.1, 0.15) is 16.8 Å². The zero-order valence-electron chi connectivity index (χ0n) is 16.0. The summed E-state index contributed by atoms with van der Waals surface area (Å²) in [6.07, 6.45) is -0.287. The number of hydrogen-bond donors (Lipinski definition) is 5. The minimum Gasteiger partial charge on any atom is -0.393 e. The molecule has 0 bridgehead atoms. The summed E-state index contributed by atoms with van der Waals surface area (Å²) in [6, 6.07) is 0. The first kappa shape index (κ1) is 18.2. The summed E-state index contributed by atoms with van der Waals surface area (Å²) >= 11 is 0. The number of ether oxygens (including phenoxy) is 1. The van der Waals surface area contributed by atoms with Gasteiger partial charge in [0, 0.05) is 35.5 Å². The predicted octanol–water partition coefficient (Wildman–Crippen LogP) is -0.859. The molecule has 1 saturated heterocycles. The largest absolute Gasteiger partial charge is 0.393 e. The van der Waals surface area contributed by atoms with Gasteiger partial charge in [-0.25, -0.2) is 0 Å². The van der Waals surface area contributed by atoms with Gasteiger partial charge >= 0.3 is 0 Å². The molecule has 4 aliphatic carbocycles. The Bertz CT molecular complexity index is 791. The first-order valence-corrected chi connectivity index (χ1v) is 9.71. The molecular weight excluding hydrogens is 352 g/mol. The lowest BCUT2D eigenvalue weighted by atomic mass is 9.58. The Balaban J connectivity index is 1.75. The Labute approximate surface area is 157 Å². The smallest absolute Gasteiger partial charge is 0.190 e. The van der Waals surface area contributed by atoms with E-state index in [4.69, 9.17) is 4.74 Å². The molecule has 0 amide bonds. The van der Waals surface area contributed by atoms with E-state index in [-0.39, 0.29) is 13.0 Å². The van der Waals surface area contributed by atoms with Crippen LogP contribution in [-0.4, -0.2) is 72.5 Å². The van der Waals surface area contributed by atoms with E-state index in [1.165, 1.54) is 0 Å². The van der Waals surface area contributed by atoms with Crippen molar-refractivity contribution in [3.8, 4) is 0 Å². The number of aliphatic hydroxyl groups is 5. The van der Waals surface area contributed by atoms with E-state index >= 15 is 0 Å². The molecule has 0 aromatic rings. The Morgan fingerprint density at radius 1 is 1.26 bits per heavy atom. The van der Waals surface area contributed by atoms with Gasteiger partial charge < -0.3 is 30.3 Å². The number of ketones is 1. The summed E-state index contributed by atoms with van der Waals surface area (Å²) < 4.78 is 5.87. The number of Topliss-reactive ketones (excluding diaryl/α,β-unsaturated/α-hetero) is 1. The Morgan fingerprint density at radius 3 is 2.48 bits per heavy atom. The fourth-order valence-corrected chi connectivity index (χ4v) is 7.27. The van der Waals surface area contributed by atoms with Crippen molar-refractivity contribution in [3.63, 3.8) is 0 Å². The molecule has 3 saturated carbocycles. The molecule has 5 aliphatic rings. The quantitative estimate of drug-likeness (QED) is 0.374. The molecule has 150 valence electrons. The molecule has 0 spiro atoms. The molecule has 5 N–H and O–H groups in total.